The van der Waals surface area contributed by atoms with Crippen molar-refractivity contribution in [3.05, 3.63) is 71.0 Å². The van der Waals surface area contributed by atoms with Crippen molar-refractivity contribution in [1.82, 2.24) is 10.2 Å². The van der Waals surface area contributed by atoms with E-state index in [1.165, 1.54) is 17.7 Å². The molecule has 0 unspecified atom stereocenters. The zero-order chi connectivity index (χ0) is 19.0. The number of halogens is 1. The molecule has 1 N–H and O–H groups in total. The Morgan fingerprint density at radius 1 is 1.19 bits per heavy atom. The molecule has 2 aliphatic heterocycles. The molecule has 142 valence electrons. The van der Waals surface area contributed by atoms with Crippen molar-refractivity contribution < 1.29 is 9.18 Å². The van der Waals surface area contributed by atoms with Crippen LogP contribution in [0.5, 0.6) is 0 Å². The number of hydrogen-bond acceptors (Lipinski definition) is 2. The van der Waals surface area contributed by atoms with Crippen LogP contribution in [0.1, 0.15) is 43.0 Å². The Bertz CT molecular complexity index is 831. The Balaban J connectivity index is 1.66. The Morgan fingerprint density at radius 3 is 2.63 bits per heavy atom. The fraction of sp³-hybridized carbons (Fsp3) is 0.435. The minimum Gasteiger partial charge on any atom is -0.331 e. The monoisotopic (exact) mass is 366 g/mol. The molecule has 3 nitrogen and oxygen atoms in total. The van der Waals surface area contributed by atoms with Gasteiger partial charge in [-0.1, -0.05) is 50.2 Å². The lowest BCUT2D eigenvalue weighted by Gasteiger charge is -2.39. The van der Waals surface area contributed by atoms with E-state index in [1.54, 1.807) is 0 Å². The number of nitrogens with zero attached hydrogens (tertiary/aromatic N) is 1. The first-order valence-electron chi connectivity index (χ1n) is 9.79. The fourth-order valence-electron chi connectivity index (χ4n) is 4.51. The standard InChI is InChI=1S/C23H27FN2O/c1-23(2)15-25-14-18(23)13-21(27)26-12-11-16-5-3-4-6-20(16)22(26)17-7-9-19(24)10-8-17/h3-10,18,22,25H,11-15H2,1-2H3/t18-,22-/m0/s1. The van der Waals surface area contributed by atoms with Gasteiger partial charge in [0.05, 0.1) is 6.04 Å². The SMILES string of the molecule is CC1(C)CNC[C@@H]1CC(=O)N1CCc2ccccc2[C@@H]1c1ccc(F)cc1. The van der Waals surface area contributed by atoms with Gasteiger partial charge in [0.1, 0.15) is 5.82 Å². The average molecular weight is 366 g/mol. The largest absolute Gasteiger partial charge is 0.331 e. The van der Waals surface area contributed by atoms with E-state index in [0.717, 1.165) is 30.6 Å². The number of benzene rings is 2. The molecular weight excluding hydrogens is 339 g/mol. The van der Waals surface area contributed by atoms with Gasteiger partial charge in [0.15, 0.2) is 0 Å². The molecule has 1 fully saturated rings. The Morgan fingerprint density at radius 2 is 1.93 bits per heavy atom. The average Bonchev–Trinajstić information content (AvgIpc) is 2.99. The second-order valence-corrected chi connectivity index (χ2v) is 8.51. The first-order chi connectivity index (χ1) is 13.0. The zero-order valence-corrected chi connectivity index (χ0v) is 16.0. The van der Waals surface area contributed by atoms with Gasteiger partial charge in [-0.25, -0.2) is 4.39 Å². The third-order valence-electron chi connectivity index (χ3n) is 6.29. The highest BCUT2D eigenvalue weighted by atomic mass is 19.1. The van der Waals surface area contributed by atoms with Crippen LogP contribution in [-0.4, -0.2) is 30.4 Å². The van der Waals surface area contributed by atoms with Gasteiger partial charge in [-0.15, -0.1) is 0 Å². The van der Waals surface area contributed by atoms with Crippen LogP contribution in [0, 0.1) is 17.2 Å². The third-order valence-corrected chi connectivity index (χ3v) is 6.29. The van der Waals surface area contributed by atoms with Crippen LogP contribution in [0.2, 0.25) is 0 Å². The number of carbonyl (C=O) groups is 1. The maximum atomic E-state index is 13.5. The molecule has 0 radical (unpaired) electrons. The molecule has 27 heavy (non-hydrogen) atoms. The van der Waals surface area contributed by atoms with E-state index >= 15 is 0 Å². The summed E-state index contributed by atoms with van der Waals surface area (Å²) in [6, 6.07) is 14.8. The minimum atomic E-state index is -0.250. The van der Waals surface area contributed by atoms with Crippen molar-refractivity contribution in [3.63, 3.8) is 0 Å². The highest BCUT2D eigenvalue weighted by Crippen LogP contribution is 2.38. The topological polar surface area (TPSA) is 32.3 Å². The van der Waals surface area contributed by atoms with Crippen molar-refractivity contribution in [2.45, 2.75) is 32.7 Å². The Labute approximate surface area is 160 Å². The van der Waals surface area contributed by atoms with Crippen molar-refractivity contribution >= 4 is 5.91 Å². The van der Waals surface area contributed by atoms with Crippen LogP contribution in [0.25, 0.3) is 0 Å². The summed E-state index contributed by atoms with van der Waals surface area (Å²) in [4.78, 5) is 15.3. The molecule has 0 aromatic heterocycles. The van der Waals surface area contributed by atoms with Crippen LogP contribution in [0.15, 0.2) is 48.5 Å². The summed E-state index contributed by atoms with van der Waals surface area (Å²) >= 11 is 0. The molecule has 0 aliphatic carbocycles. The molecule has 1 saturated heterocycles. The third kappa shape index (κ3) is 3.51. The van der Waals surface area contributed by atoms with Gasteiger partial charge in [0.25, 0.3) is 0 Å². The lowest BCUT2D eigenvalue weighted by Crippen LogP contribution is -2.42. The maximum absolute atomic E-state index is 13.5. The van der Waals surface area contributed by atoms with Gasteiger partial charge < -0.3 is 10.2 Å². The van der Waals surface area contributed by atoms with Crippen molar-refractivity contribution in [1.29, 1.82) is 0 Å². The second-order valence-electron chi connectivity index (χ2n) is 8.51. The van der Waals surface area contributed by atoms with Crippen molar-refractivity contribution in [2.75, 3.05) is 19.6 Å². The highest BCUT2D eigenvalue weighted by molar-refractivity contribution is 5.78. The van der Waals surface area contributed by atoms with Gasteiger partial charge in [0, 0.05) is 19.5 Å². The number of hydrogen-bond donors (Lipinski definition) is 1. The van der Waals surface area contributed by atoms with Gasteiger partial charge in [-0.05, 0) is 53.1 Å². The highest BCUT2D eigenvalue weighted by Gasteiger charge is 2.39. The molecule has 1 amide bonds. The lowest BCUT2D eigenvalue weighted by molar-refractivity contribution is -0.134. The molecule has 2 heterocycles. The summed E-state index contributed by atoms with van der Waals surface area (Å²) in [5, 5.41) is 3.42. The number of amides is 1. The van der Waals surface area contributed by atoms with Gasteiger partial charge in [-0.2, -0.15) is 0 Å². The number of rotatable bonds is 3. The molecule has 0 spiro atoms. The van der Waals surface area contributed by atoms with Gasteiger partial charge in [-0.3, -0.25) is 4.79 Å². The van der Waals surface area contributed by atoms with E-state index in [-0.39, 0.29) is 23.2 Å². The summed E-state index contributed by atoms with van der Waals surface area (Å²) in [6.45, 7) is 7.01. The van der Waals surface area contributed by atoms with Crippen LogP contribution in [0.3, 0.4) is 0 Å². The van der Waals surface area contributed by atoms with Crippen LogP contribution >= 0.6 is 0 Å². The minimum absolute atomic E-state index is 0.134. The smallest absolute Gasteiger partial charge is 0.223 e. The summed E-state index contributed by atoms with van der Waals surface area (Å²) in [5.41, 5.74) is 3.54. The number of fused-ring (bicyclic) bond motifs is 1. The second kappa shape index (κ2) is 7.08. The van der Waals surface area contributed by atoms with Gasteiger partial charge in [0.2, 0.25) is 5.91 Å². The molecule has 4 heteroatoms. The van der Waals surface area contributed by atoms with E-state index < -0.39 is 0 Å². The predicted octanol–water partition coefficient (Wildman–Crippen LogP) is 3.94. The fourth-order valence-corrected chi connectivity index (χ4v) is 4.51. The number of carbonyl (C=O) groups excluding carboxylic acids is 1. The van der Waals surface area contributed by atoms with Crippen LogP contribution in [0.4, 0.5) is 4.39 Å². The zero-order valence-electron chi connectivity index (χ0n) is 16.0. The summed E-state index contributed by atoms with van der Waals surface area (Å²) in [6.07, 6.45) is 1.42. The summed E-state index contributed by atoms with van der Waals surface area (Å²) in [7, 11) is 0. The van der Waals surface area contributed by atoms with Crippen LogP contribution in [-0.2, 0) is 11.2 Å². The van der Waals surface area contributed by atoms with E-state index in [2.05, 4.69) is 31.3 Å². The summed E-state index contributed by atoms with van der Waals surface area (Å²) < 4.78 is 13.5. The van der Waals surface area contributed by atoms with Crippen molar-refractivity contribution in [2.24, 2.45) is 11.3 Å². The predicted molar refractivity (Wildman–Crippen MR) is 105 cm³/mol. The van der Waals surface area contributed by atoms with E-state index in [9.17, 15) is 9.18 Å². The molecule has 2 aliphatic rings. The van der Waals surface area contributed by atoms with Gasteiger partial charge >= 0.3 is 0 Å². The molecule has 0 saturated carbocycles. The normalized spacial score (nSPS) is 23.9. The van der Waals surface area contributed by atoms with Crippen molar-refractivity contribution in [3.8, 4) is 0 Å². The molecule has 2 atom stereocenters. The number of nitrogens with one attached hydrogen (secondary N) is 1. The molecular formula is C23H27FN2O. The molecule has 0 bridgehead atoms. The molecule has 2 aromatic rings. The maximum Gasteiger partial charge on any atom is 0.223 e. The lowest BCUT2D eigenvalue weighted by atomic mass is 9.79. The Kier molecular flexibility index (Phi) is 4.77. The first kappa shape index (κ1) is 18.2. The molecule has 2 aromatic carbocycles. The molecule has 4 rings (SSSR count). The first-order valence-corrected chi connectivity index (χ1v) is 9.79. The van der Waals surface area contributed by atoms with E-state index in [1.807, 2.05) is 29.2 Å². The van der Waals surface area contributed by atoms with E-state index in [4.69, 9.17) is 0 Å². The quantitative estimate of drug-likeness (QED) is 0.892. The Hall–Kier alpha value is -2.20. The van der Waals surface area contributed by atoms with Crippen LogP contribution < -0.4 is 5.32 Å². The van der Waals surface area contributed by atoms with E-state index in [0.29, 0.717) is 18.9 Å². The summed E-state index contributed by atoms with van der Waals surface area (Å²) in [5.74, 6) is 0.288.